The van der Waals surface area contributed by atoms with Crippen molar-refractivity contribution in [1.82, 2.24) is 10.6 Å². The Labute approximate surface area is 104 Å². The lowest BCUT2D eigenvalue weighted by Crippen LogP contribution is -2.45. The average Bonchev–Trinajstić information content (AvgIpc) is 2.28. The third-order valence-corrected chi connectivity index (χ3v) is 2.41. The molecule has 0 radical (unpaired) electrons. The molecule has 0 aliphatic carbocycles. The molecule has 98 valence electrons. The van der Waals surface area contributed by atoms with Gasteiger partial charge in [0.15, 0.2) is 0 Å². The van der Waals surface area contributed by atoms with Crippen LogP contribution in [0.3, 0.4) is 0 Å². The Kier molecular flexibility index (Phi) is 4.65. The maximum absolute atomic E-state index is 13.0. The second kappa shape index (κ2) is 6.00. The van der Waals surface area contributed by atoms with E-state index >= 15 is 0 Å². The minimum Gasteiger partial charge on any atom is -0.480 e. The van der Waals surface area contributed by atoms with Gasteiger partial charge in [0.1, 0.15) is 11.9 Å². The minimum atomic E-state index is -1.12. The Morgan fingerprint density at radius 2 is 1.94 bits per heavy atom. The summed E-state index contributed by atoms with van der Waals surface area (Å²) in [7, 11) is 0. The number of aliphatic carboxylic acids is 1. The molecule has 0 bridgehead atoms. The van der Waals surface area contributed by atoms with Crippen molar-refractivity contribution in [3.8, 4) is 0 Å². The molecule has 0 fully saturated rings. The zero-order valence-corrected chi connectivity index (χ0v) is 10.1. The fourth-order valence-electron chi connectivity index (χ4n) is 1.36. The Hall–Kier alpha value is -2.11. The smallest absolute Gasteiger partial charge is 0.325 e. The van der Waals surface area contributed by atoms with Gasteiger partial charge in [-0.05, 0) is 31.5 Å². The summed E-state index contributed by atoms with van der Waals surface area (Å²) >= 11 is 0. The number of hydrogen-bond donors (Lipinski definition) is 3. The van der Waals surface area contributed by atoms with E-state index in [-0.39, 0.29) is 5.82 Å². The van der Waals surface area contributed by atoms with Gasteiger partial charge in [-0.1, -0.05) is 12.1 Å². The van der Waals surface area contributed by atoms with Gasteiger partial charge in [-0.25, -0.2) is 9.18 Å². The van der Waals surface area contributed by atoms with Crippen molar-refractivity contribution in [3.63, 3.8) is 0 Å². The second-order valence-electron chi connectivity index (χ2n) is 3.95. The predicted octanol–water partition coefficient (Wildman–Crippen LogP) is 1.66. The van der Waals surface area contributed by atoms with Gasteiger partial charge >= 0.3 is 12.0 Å². The summed E-state index contributed by atoms with van der Waals surface area (Å²) in [6.45, 7) is 3.04. The van der Waals surface area contributed by atoms with Crippen LogP contribution in [0, 0.1) is 5.82 Å². The largest absolute Gasteiger partial charge is 0.480 e. The first-order valence-electron chi connectivity index (χ1n) is 5.45. The molecule has 1 aromatic carbocycles. The van der Waals surface area contributed by atoms with Crippen molar-refractivity contribution < 1.29 is 19.1 Å². The summed E-state index contributed by atoms with van der Waals surface area (Å²) in [5.41, 5.74) is 0.605. The van der Waals surface area contributed by atoms with Crippen LogP contribution in [0.4, 0.5) is 9.18 Å². The van der Waals surface area contributed by atoms with Gasteiger partial charge in [-0.15, -0.1) is 0 Å². The Morgan fingerprint density at radius 1 is 1.28 bits per heavy atom. The van der Waals surface area contributed by atoms with Crippen LogP contribution in [0.1, 0.15) is 25.5 Å². The van der Waals surface area contributed by atoms with E-state index in [1.54, 1.807) is 19.1 Å². The molecule has 0 heterocycles. The zero-order valence-electron chi connectivity index (χ0n) is 10.1. The fourth-order valence-corrected chi connectivity index (χ4v) is 1.36. The Morgan fingerprint density at radius 3 is 2.50 bits per heavy atom. The molecule has 0 saturated carbocycles. The van der Waals surface area contributed by atoms with Crippen molar-refractivity contribution >= 4 is 12.0 Å². The third-order valence-electron chi connectivity index (χ3n) is 2.41. The Bertz CT molecular complexity index is 451. The molecule has 5 nitrogen and oxygen atoms in total. The summed E-state index contributed by atoms with van der Waals surface area (Å²) < 4.78 is 13.0. The number of amides is 2. The normalized spacial score (nSPS) is 13.5. The highest BCUT2D eigenvalue weighted by Gasteiger charge is 2.15. The van der Waals surface area contributed by atoms with Crippen molar-refractivity contribution in [1.29, 1.82) is 0 Å². The number of benzene rings is 1. The topological polar surface area (TPSA) is 78.4 Å². The van der Waals surface area contributed by atoms with Crippen molar-refractivity contribution in [2.45, 2.75) is 25.9 Å². The summed E-state index contributed by atoms with van der Waals surface area (Å²) in [5, 5.41) is 13.4. The summed E-state index contributed by atoms with van der Waals surface area (Å²) in [6.07, 6.45) is 0. The first-order chi connectivity index (χ1) is 8.40. The van der Waals surface area contributed by atoms with Crippen LogP contribution in [0.2, 0.25) is 0 Å². The lowest BCUT2D eigenvalue weighted by molar-refractivity contribution is -0.138. The summed E-state index contributed by atoms with van der Waals surface area (Å²) in [6, 6.07) is 3.83. The fraction of sp³-hybridized carbons (Fsp3) is 0.333. The standard InChI is InChI=1S/C12H15FN2O3/c1-7(9-4-3-5-10(13)6-9)14-12(18)15-8(2)11(16)17/h3-8H,1-2H3,(H,16,17)(H2,14,15,18)/t7?,8-/m1/s1. The SMILES string of the molecule is CC(NC(=O)N[C@H](C)C(=O)O)c1cccc(F)c1. The minimum absolute atomic E-state index is 0.388. The molecular formula is C12H15FN2O3. The van der Waals surface area contributed by atoms with E-state index in [0.717, 1.165) is 0 Å². The highest BCUT2D eigenvalue weighted by molar-refractivity contribution is 5.82. The lowest BCUT2D eigenvalue weighted by atomic mass is 10.1. The first kappa shape index (κ1) is 14.0. The molecule has 3 N–H and O–H groups in total. The second-order valence-corrected chi connectivity index (χ2v) is 3.95. The van der Waals surface area contributed by atoms with Crippen LogP contribution < -0.4 is 10.6 Å². The van der Waals surface area contributed by atoms with Gasteiger partial charge in [-0.2, -0.15) is 0 Å². The number of carbonyl (C=O) groups is 2. The number of carboxylic acids is 1. The molecule has 0 aromatic heterocycles. The van der Waals surface area contributed by atoms with E-state index in [2.05, 4.69) is 10.6 Å². The predicted molar refractivity (Wildman–Crippen MR) is 63.6 cm³/mol. The number of urea groups is 1. The van der Waals surface area contributed by atoms with Crippen LogP contribution >= 0.6 is 0 Å². The number of halogens is 1. The summed E-state index contributed by atoms with van der Waals surface area (Å²) in [4.78, 5) is 22.0. The van der Waals surface area contributed by atoms with E-state index < -0.39 is 24.1 Å². The highest BCUT2D eigenvalue weighted by Crippen LogP contribution is 2.13. The molecule has 0 saturated heterocycles. The van der Waals surface area contributed by atoms with E-state index in [4.69, 9.17) is 5.11 Å². The van der Waals surface area contributed by atoms with Crippen LogP contribution in [0.5, 0.6) is 0 Å². The molecule has 1 unspecified atom stereocenters. The maximum Gasteiger partial charge on any atom is 0.325 e. The zero-order chi connectivity index (χ0) is 13.7. The molecule has 6 heteroatoms. The van der Waals surface area contributed by atoms with Crippen molar-refractivity contribution in [3.05, 3.63) is 35.6 Å². The lowest BCUT2D eigenvalue weighted by Gasteiger charge is -2.16. The third kappa shape index (κ3) is 4.04. The quantitative estimate of drug-likeness (QED) is 0.764. The molecule has 0 aliphatic rings. The molecule has 18 heavy (non-hydrogen) atoms. The van der Waals surface area contributed by atoms with Crippen LogP contribution in [-0.4, -0.2) is 23.1 Å². The molecule has 0 aliphatic heterocycles. The highest BCUT2D eigenvalue weighted by atomic mass is 19.1. The molecule has 1 aromatic rings. The summed E-state index contributed by atoms with van der Waals surface area (Å²) in [5.74, 6) is -1.51. The number of hydrogen-bond acceptors (Lipinski definition) is 2. The average molecular weight is 254 g/mol. The molecular weight excluding hydrogens is 239 g/mol. The van der Waals surface area contributed by atoms with E-state index in [1.807, 2.05) is 0 Å². The van der Waals surface area contributed by atoms with Gasteiger partial charge in [0.25, 0.3) is 0 Å². The molecule has 2 atom stereocenters. The molecule has 1 rings (SSSR count). The van der Waals surface area contributed by atoms with E-state index in [9.17, 15) is 14.0 Å². The number of rotatable bonds is 4. The molecule has 0 spiro atoms. The van der Waals surface area contributed by atoms with Crippen LogP contribution in [-0.2, 0) is 4.79 Å². The number of carboxylic acid groups (broad SMARTS) is 1. The Balaban J connectivity index is 2.57. The van der Waals surface area contributed by atoms with E-state index in [1.165, 1.54) is 19.1 Å². The van der Waals surface area contributed by atoms with Gasteiger partial charge in [0.2, 0.25) is 0 Å². The maximum atomic E-state index is 13.0. The molecule has 2 amide bonds. The van der Waals surface area contributed by atoms with Crippen molar-refractivity contribution in [2.75, 3.05) is 0 Å². The first-order valence-corrected chi connectivity index (χ1v) is 5.45. The van der Waals surface area contributed by atoms with Crippen molar-refractivity contribution in [2.24, 2.45) is 0 Å². The van der Waals surface area contributed by atoms with Gasteiger partial charge in [-0.3, -0.25) is 4.79 Å². The van der Waals surface area contributed by atoms with Gasteiger partial charge in [0.05, 0.1) is 6.04 Å². The van der Waals surface area contributed by atoms with E-state index in [0.29, 0.717) is 5.56 Å². The van der Waals surface area contributed by atoms with Gasteiger partial charge < -0.3 is 15.7 Å². The van der Waals surface area contributed by atoms with Crippen LogP contribution in [0.25, 0.3) is 0 Å². The van der Waals surface area contributed by atoms with Crippen LogP contribution in [0.15, 0.2) is 24.3 Å². The number of carbonyl (C=O) groups excluding carboxylic acids is 1. The number of nitrogens with one attached hydrogen (secondary N) is 2. The monoisotopic (exact) mass is 254 g/mol. The van der Waals surface area contributed by atoms with Gasteiger partial charge in [0, 0.05) is 0 Å².